The zero-order valence-electron chi connectivity index (χ0n) is 9.48. The number of aromatic nitrogens is 1. The number of pyridine rings is 1. The van der Waals surface area contributed by atoms with Crippen LogP contribution in [0.3, 0.4) is 0 Å². The minimum Gasteiger partial charge on any atom is -0.289 e. The summed E-state index contributed by atoms with van der Waals surface area (Å²) in [7, 11) is 0. The molecular weight excluding hydrogens is 217 g/mol. The van der Waals surface area contributed by atoms with E-state index in [0.29, 0.717) is 11.1 Å². The molecule has 0 saturated heterocycles. The molecule has 3 heteroatoms. The van der Waals surface area contributed by atoms with E-state index >= 15 is 0 Å². The first-order chi connectivity index (χ1) is 8.22. The van der Waals surface area contributed by atoms with Gasteiger partial charge in [-0.1, -0.05) is 19.1 Å². The second kappa shape index (κ2) is 4.87. The fourth-order valence-electron chi connectivity index (χ4n) is 1.72. The van der Waals surface area contributed by atoms with Gasteiger partial charge in [-0.15, -0.1) is 0 Å². The second-order valence-electron chi connectivity index (χ2n) is 3.73. The maximum atomic E-state index is 13.1. The van der Waals surface area contributed by atoms with Gasteiger partial charge in [-0.3, -0.25) is 9.78 Å². The van der Waals surface area contributed by atoms with Crippen molar-refractivity contribution in [3.63, 3.8) is 0 Å². The van der Waals surface area contributed by atoms with Gasteiger partial charge in [0.05, 0.1) is 0 Å². The molecule has 0 fully saturated rings. The van der Waals surface area contributed by atoms with Gasteiger partial charge in [-0.25, -0.2) is 4.39 Å². The van der Waals surface area contributed by atoms with Crippen LogP contribution >= 0.6 is 0 Å². The van der Waals surface area contributed by atoms with Gasteiger partial charge < -0.3 is 0 Å². The highest BCUT2D eigenvalue weighted by Crippen LogP contribution is 2.14. The first-order valence-corrected chi connectivity index (χ1v) is 5.45. The molecule has 0 aliphatic carbocycles. The Kier molecular flexibility index (Phi) is 3.28. The number of nitrogens with zero attached hydrogens (tertiary/aromatic N) is 1. The van der Waals surface area contributed by atoms with Crippen molar-refractivity contribution < 1.29 is 9.18 Å². The van der Waals surface area contributed by atoms with Gasteiger partial charge in [0, 0.05) is 23.5 Å². The van der Waals surface area contributed by atoms with Crippen LogP contribution in [0.4, 0.5) is 4.39 Å². The van der Waals surface area contributed by atoms with Crippen molar-refractivity contribution in [1.82, 2.24) is 4.98 Å². The molecule has 0 saturated carbocycles. The highest BCUT2D eigenvalue weighted by molar-refractivity contribution is 6.09. The second-order valence-corrected chi connectivity index (χ2v) is 3.73. The van der Waals surface area contributed by atoms with Crippen molar-refractivity contribution >= 4 is 5.78 Å². The van der Waals surface area contributed by atoms with E-state index in [4.69, 9.17) is 0 Å². The summed E-state index contributed by atoms with van der Waals surface area (Å²) in [4.78, 5) is 16.2. The number of carbonyl (C=O) groups is 1. The van der Waals surface area contributed by atoms with E-state index in [2.05, 4.69) is 4.98 Å². The van der Waals surface area contributed by atoms with Crippen LogP contribution in [0, 0.1) is 5.82 Å². The Morgan fingerprint density at radius 3 is 2.88 bits per heavy atom. The third-order valence-corrected chi connectivity index (χ3v) is 2.62. The van der Waals surface area contributed by atoms with Crippen molar-refractivity contribution in [1.29, 1.82) is 0 Å². The smallest absolute Gasteiger partial charge is 0.193 e. The van der Waals surface area contributed by atoms with Crippen molar-refractivity contribution in [2.24, 2.45) is 0 Å². The van der Waals surface area contributed by atoms with E-state index in [1.165, 1.54) is 18.2 Å². The van der Waals surface area contributed by atoms with Crippen LogP contribution < -0.4 is 0 Å². The zero-order chi connectivity index (χ0) is 12.3. The summed E-state index contributed by atoms with van der Waals surface area (Å²) in [6, 6.07) is 7.40. The van der Waals surface area contributed by atoms with Gasteiger partial charge in [-0.05, 0) is 30.2 Å². The number of ketones is 1. The Balaban J connectivity index is 2.44. The standard InChI is InChI=1S/C14H12FNO/c1-2-10-9-16-7-6-13(10)14(17)11-4-3-5-12(15)8-11/h3-9H,2H2,1H3. The Morgan fingerprint density at radius 2 is 2.18 bits per heavy atom. The number of hydrogen-bond donors (Lipinski definition) is 0. The molecule has 2 rings (SSSR count). The highest BCUT2D eigenvalue weighted by Gasteiger charge is 2.12. The first-order valence-electron chi connectivity index (χ1n) is 5.45. The Bertz CT molecular complexity index is 551. The average Bonchev–Trinajstić information content (AvgIpc) is 2.38. The van der Waals surface area contributed by atoms with Crippen LogP contribution in [-0.4, -0.2) is 10.8 Å². The number of hydrogen-bond acceptors (Lipinski definition) is 2. The lowest BCUT2D eigenvalue weighted by Gasteiger charge is -2.06. The summed E-state index contributed by atoms with van der Waals surface area (Å²) in [6.45, 7) is 1.96. The predicted molar refractivity (Wildman–Crippen MR) is 63.4 cm³/mol. The fourth-order valence-corrected chi connectivity index (χ4v) is 1.72. The average molecular weight is 229 g/mol. The summed E-state index contributed by atoms with van der Waals surface area (Å²) in [5, 5.41) is 0. The number of carbonyl (C=O) groups excluding carboxylic acids is 1. The van der Waals surface area contributed by atoms with Crippen LogP contribution in [0.15, 0.2) is 42.7 Å². The largest absolute Gasteiger partial charge is 0.289 e. The molecule has 1 heterocycles. The first kappa shape index (κ1) is 11.5. The molecule has 0 aliphatic rings. The molecule has 0 amide bonds. The third kappa shape index (κ3) is 2.38. The molecule has 0 radical (unpaired) electrons. The van der Waals surface area contributed by atoms with Crippen molar-refractivity contribution in [3.8, 4) is 0 Å². The lowest BCUT2D eigenvalue weighted by atomic mass is 9.99. The van der Waals surface area contributed by atoms with E-state index in [0.717, 1.165) is 12.0 Å². The summed E-state index contributed by atoms with van der Waals surface area (Å²) in [6.07, 6.45) is 3.97. The highest BCUT2D eigenvalue weighted by atomic mass is 19.1. The molecule has 1 aromatic heterocycles. The van der Waals surface area contributed by atoms with E-state index in [1.807, 2.05) is 6.92 Å². The molecule has 0 atom stereocenters. The van der Waals surface area contributed by atoms with Crippen molar-refractivity contribution in [2.45, 2.75) is 13.3 Å². The van der Waals surface area contributed by atoms with Crippen molar-refractivity contribution in [3.05, 3.63) is 65.2 Å². The molecule has 1 aromatic carbocycles. The van der Waals surface area contributed by atoms with Crippen LogP contribution in [0.5, 0.6) is 0 Å². The summed E-state index contributed by atoms with van der Waals surface area (Å²) in [5.41, 5.74) is 1.83. The van der Waals surface area contributed by atoms with E-state index in [1.54, 1.807) is 24.5 Å². The Hall–Kier alpha value is -2.03. The lowest BCUT2D eigenvalue weighted by Crippen LogP contribution is -2.05. The maximum Gasteiger partial charge on any atom is 0.193 e. The lowest BCUT2D eigenvalue weighted by molar-refractivity contribution is 0.103. The van der Waals surface area contributed by atoms with Gasteiger partial charge in [0.25, 0.3) is 0 Å². The van der Waals surface area contributed by atoms with Gasteiger partial charge in [0.1, 0.15) is 5.82 Å². The van der Waals surface area contributed by atoms with Crippen molar-refractivity contribution in [2.75, 3.05) is 0 Å². The fraction of sp³-hybridized carbons (Fsp3) is 0.143. The number of benzene rings is 1. The molecule has 0 unspecified atom stereocenters. The van der Waals surface area contributed by atoms with Gasteiger partial charge in [-0.2, -0.15) is 0 Å². The van der Waals surface area contributed by atoms with E-state index < -0.39 is 5.82 Å². The molecule has 2 aromatic rings. The summed E-state index contributed by atoms with van der Waals surface area (Å²) in [5.74, 6) is -0.563. The summed E-state index contributed by atoms with van der Waals surface area (Å²) < 4.78 is 13.1. The van der Waals surface area contributed by atoms with E-state index in [9.17, 15) is 9.18 Å². The number of rotatable bonds is 3. The minimum atomic E-state index is -0.400. The molecule has 0 N–H and O–H groups in total. The van der Waals surface area contributed by atoms with Crippen LogP contribution in [0.2, 0.25) is 0 Å². The molecule has 86 valence electrons. The Labute approximate surface area is 99.1 Å². The quantitative estimate of drug-likeness (QED) is 0.757. The molecule has 0 aliphatic heterocycles. The van der Waals surface area contributed by atoms with Gasteiger partial charge in [0.2, 0.25) is 0 Å². The van der Waals surface area contributed by atoms with Gasteiger partial charge >= 0.3 is 0 Å². The molecule has 0 spiro atoms. The molecule has 0 bridgehead atoms. The summed E-state index contributed by atoms with van der Waals surface area (Å²) >= 11 is 0. The SMILES string of the molecule is CCc1cnccc1C(=O)c1cccc(F)c1. The Morgan fingerprint density at radius 1 is 1.35 bits per heavy atom. The van der Waals surface area contributed by atoms with Crippen LogP contribution in [0.1, 0.15) is 28.4 Å². The molecule has 2 nitrogen and oxygen atoms in total. The maximum absolute atomic E-state index is 13.1. The van der Waals surface area contributed by atoms with Crippen LogP contribution in [-0.2, 0) is 6.42 Å². The van der Waals surface area contributed by atoms with E-state index in [-0.39, 0.29) is 5.78 Å². The third-order valence-electron chi connectivity index (χ3n) is 2.62. The topological polar surface area (TPSA) is 30.0 Å². The number of halogens is 1. The normalized spacial score (nSPS) is 10.2. The van der Waals surface area contributed by atoms with Gasteiger partial charge in [0.15, 0.2) is 5.78 Å². The predicted octanol–water partition coefficient (Wildman–Crippen LogP) is 3.01. The van der Waals surface area contributed by atoms with Crippen LogP contribution in [0.25, 0.3) is 0 Å². The molecular formula is C14H12FNO. The monoisotopic (exact) mass is 229 g/mol. The number of aryl methyl sites for hydroxylation is 1. The zero-order valence-corrected chi connectivity index (χ0v) is 9.48. The molecule has 17 heavy (non-hydrogen) atoms. The minimum absolute atomic E-state index is 0.163.